The minimum Gasteiger partial charge on any atom is -0.381 e. The van der Waals surface area contributed by atoms with E-state index in [0.717, 1.165) is 15.7 Å². The normalized spacial score (nSPS) is 10.4. The van der Waals surface area contributed by atoms with Gasteiger partial charge in [-0.1, -0.05) is 33.6 Å². The summed E-state index contributed by atoms with van der Waals surface area (Å²) in [4.78, 5) is 0. The van der Waals surface area contributed by atoms with Gasteiger partial charge in [-0.15, -0.1) is 0 Å². The third kappa shape index (κ3) is 3.46. The van der Waals surface area contributed by atoms with Gasteiger partial charge in [0.15, 0.2) is 0 Å². The average molecular weight is 393 g/mol. The van der Waals surface area contributed by atoms with Gasteiger partial charge < -0.3 is 5.32 Å². The Morgan fingerprint density at radius 2 is 1.89 bits per heavy atom. The molecule has 0 radical (unpaired) electrons. The van der Waals surface area contributed by atoms with Crippen molar-refractivity contribution in [3.05, 3.63) is 61.7 Å². The smallest absolute Gasteiger partial charge is 0.139 e. The Balaban J connectivity index is 2.09. The molecular weight excluding hydrogens is 384 g/mol. The van der Waals surface area contributed by atoms with Crippen molar-refractivity contribution in [2.24, 2.45) is 0 Å². The lowest BCUT2D eigenvalue weighted by Crippen LogP contribution is -2.00. The Hall–Kier alpha value is -0.580. The lowest BCUT2D eigenvalue weighted by Gasteiger charge is -2.09. The molecule has 0 atom stereocenters. The molecule has 1 nitrogen and oxygen atoms in total. The highest BCUT2D eigenvalue weighted by Gasteiger charge is 2.03. The summed E-state index contributed by atoms with van der Waals surface area (Å²) in [7, 11) is 0. The lowest BCUT2D eigenvalue weighted by molar-refractivity contribution is 0.621. The number of anilines is 1. The fourth-order valence-electron chi connectivity index (χ4n) is 1.47. The van der Waals surface area contributed by atoms with Crippen LogP contribution in [-0.2, 0) is 6.54 Å². The van der Waals surface area contributed by atoms with Crippen molar-refractivity contribution in [1.29, 1.82) is 0 Å². The summed E-state index contributed by atoms with van der Waals surface area (Å²) in [6.45, 7) is 0.549. The van der Waals surface area contributed by atoms with Crippen LogP contribution in [0.15, 0.2) is 45.3 Å². The van der Waals surface area contributed by atoms with Crippen LogP contribution in [0.5, 0.6) is 0 Å². The summed E-state index contributed by atoms with van der Waals surface area (Å²) in [5.41, 5.74) is 1.68. The number of hydrogen-bond acceptors (Lipinski definition) is 1. The first-order valence-corrected chi connectivity index (χ1v) is 7.15. The van der Waals surface area contributed by atoms with Crippen molar-refractivity contribution >= 4 is 49.1 Å². The van der Waals surface area contributed by atoms with Crippen LogP contribution in [0.2, 0.25) is 5.02 Å². The highest BCUT2D eigenvalue weighted by atomic mass is 79.9. The van der Waals surface area contributed by atoms with Gasteiger partial charge in [0.2, 0.25) is 0 Å². The van der Waals surface area contributed by atoms with E-state index in [0.29, 0.717) is 16.0 Å². The first-order chi connectivity index (χ1) is 8.56. The molecule has 0 unspecified atom stereocenters. The summed E-state index contributed by atoms with van der Waals surface area (Å²) in [6.07, 6.45) is 0. The van der Waals surface area contributed by atoms with Crippen LogP contribution < -0.4 is 5.32 Å². The number of rotatable bonds is 3. The van der Waals surface area contributed by atoms with Gasteiger partial charge in [-0.2, -0.15) is 0 Å². The van der Waals surface area contributed by atoms with Gasteiger partial charge in [-0.05, 0) is 51.8 Å². The fraction of sp³-hybridized carbons (Fsp3) is 0.0769. The maximum atomic E-state index is 13.3. The Bertz CT molecular complexity index is 575. The van der Waals surface area contributed by atoms with Gasteiger partial charge >= 0.3 is 0 Å². The van der Waals surface area contributed by atoms with Gasteiger partial charge in [0.25, 0.3) is 0 Å². The molecule has 0 saturated heterocycles. The van der Waals surface area contributed by atoms with Crippen molar-refractivity contribution in [2.75, 3.05) is 5.32 Å². The first-order valence-electron chi connectivity index (χ1n) is 5.19. The van der Waals surface area contributed by atoms with E-state index in [4.69, 9.17) is 11.6 Å². The summed E-state index contributed by atoms with van der Waals surface area (Å²) in [5.74, 6) is -0.290. The summed E-state index contributed by atoms with van der Waals surface area (Å²) in [5, 5.41) is 3.80. The number of benzene rings is 2. The molecule has 0 bridgehead atoms. The Morgan fingerprint density at radius 3 is 2.56 bits per heavy atom. The molecule has 0 heterocycles. The average Bonchev–Trinajstić information content (AvgIpc) is 2.32. The Morgan fingerprint density at radius 1 is 1.11 bits per heavy atom. The number of halogens is 4. The first kappa shape index (κ1) is 13.8. The van der Waals surface area contributed by atoms with Gasteiger partial charge in [-0.3, -0.25) is 0 Å². The van der Waals surface area contributed by atoms with Crippen LogP contribution in [-0.4, -0.2) is 0 Å². The maximum Gasteiger partial charge on any atom is 0.139 e. The van der Waals surface area contributed by atoms with Gasteiger partial charge in [-0.25, -0.2) is 4.39 Å². The molecule has 0 fully saturated rings. The number of nitrogens with one attached hydrogen (secondary N) is 1. The third-order valence-electron chi connectivity index (χ3n) is 2.42. The second-order valence-electron chi connectivity index (χ2n) is 3.72. The molecule has 2 rings (SSSR count). The van der Waals surface area contributed by atoms with Crippen molar-refractivity contribution in [2.45, 2.75) is 6.54 Å². The molecule has 0 aliphatic carbocycles. The minimum atomic E-state index is -0.290. The molecule has 5 heteroatoms. The quantitative estimate of drug-likeness (QED) is 0.714. The molecule has 0 aliphatic rings. The van der Waals surface area contributed by atoms with Crippen LogP contribution in [0.25, 0.3) is 0 Å². The highest BCUT2D eigenvalue weighted by Crippen LogP contribution is 2.23. The van der Waals surface area contributed by atoms with Crippen molar-refractivity contribution in [3.63, 3.8) is 0 Å². The SMILES string of the molecule is Fc1cc(NCc2ccc(Br)cc2Cl)ccc1Br. The molecule has 0 spiro atoms. The van der Waals surface area contributed by atoms with E-state index < -0.39 is 0 Å². The van der Waals surface area contributed by atoms with Gasteiger partial charge in [0.1, 0.15) is 5.82 Å². The Kier molecular flexibility index (Phi) is 4.65. The molecule has 0 aromatic heterocycles. The molecule has 94 valence electrons. The predicted octanol–water partition coefficient (Wildman–Crippen LogP) is 5.62. The minimum absolute atomic E-state index is 0.290. The second-order valence-corrected chi connectivity index (χ2v) is 5.90. The molecule has 0 saturated carbocycles. The molecule has 1 N–H and O–H groups in total. The van der Waals surface area contributed by atoms with E-state index in [1.54, 1.807) is 12.1 Å². The zero-order valence-electron chi connectivity index (χ0n) is 9.18. The fourth-order valence-corrected chi connectivity index (χ4v) is 2.46. The molecule has 2 aromatic carbocycles. The monoisotopic (exact) mass is 391 g/mol. The maximum absolute atomic E-state index is 13.3. The van der Waals surface area contributed by atoms with Crippen LogP contribution in [0.3, 0.4) is 0 Å². The zero-order valence-corrected chi connectivity index (χ0v) is 13.1. The Labute approximate surface area is 127 Å². The van der Waals surface area contributed by atoms with E-state index in [2.05, 4.69) is 37.2 Å². The van der Waals surface area contributed by atoms with Crippen LogP contribution in [0.1, 0.15) is 5.56 Å². The summed E-state index contributed by atoms with van der Waals surface area (Å²) < 4.78 is 14.7. The van der Waals surface area contributed by atoms with E-state index in [9.17, 15) is 4.39 Å². The molecule has 2 aromatic rings. The molecular formula is C13H9Br2ClFN. The van der Waals surface area contributed by atoms with Crippen LogP contribution in [0, 0.1) is 5.82 Å². The standard InChI is InChI=1S/C13H9Br2ClFN/c14-9-2-1-8(12(16)5-9)7-18-10-3-4-11(15)13(17)6-10/h1-6,18H,7H2. The zero-order chi connectivity index (χ0) is 13.1. The summed E-state index contributed by atoms with van der Waals surface area (Å²) >= 11 is 12.6. The van der Waals surface area contributed by atoms with Crippen molar-refractivity contribution < 1.29 is 4.39 Å². The van der Waals surface area contributed by atoms with Gasteiger partial charge in [0, 0.05) is 21.7 Å². The lowest BCUT2D eigenvalue weighted by atomic mass is 10.2. The van der Waals surface area contributed by atoms with Crippen molar-refractivity contribution in [3.8, 4) is 0 Å². The summed E-state index contributed by atoms with van der Waals surface area (Å²) in [6, 6.07) is 10.6. The molecule has 0 aliphatic heterocycles. The van der Waals surface area contributed by atoms with Gasteiger partial charge in [0.05, 0.1) is 4.47 Å². The van der Waals surface area contributed by atoms with E-state index in [1.165, 1.54) is 6.07 Å². The second kappa shape index (κ2) is 6.04. The van der Waals surface area contributed by atoms with Crippen LogP contribution in [0.4, 0.5) is 10.1 Å². The van der Waals surface area contributed by atoms with E-state index in [1.807, 2.05) is 18.2 Å². The third-order valence-corrected chi connectivity index (χ3v) is 3.91. The molecule has 0 amide bonds. The predicted molar refractivity (Wildman–Crippen MR) is 80.6 cm³/mol. The largest absolute Gasteiger partial charge is 0.381 e. The highest BCUT2D eigenvalue weighted by molar-refractivity contribution is 9.10. The molecule has 18 heavy (non-hydrogen) atoms. The van der Waals surface area contributed by atoms with Crippen molar-refractivity contribution in [1.82, 2.24) is 0 Å². The van der Waals surface area contributed by atoms with Crippen LogP contribution >= 0.6 is 43.5 Å². The van der Waals surface area contributed by atoms with E-state index in [-0.39, 0.29) is 5.82 Å². The number of hydrogen-bond donors (Lipinski definition) is 1. The topological polar surface area (TPSA) is 12.0 Å². The van der Waals surface area contributed by atoms with E-state index >= 15 is 0 Å².